The maximum atomic E-state index is 13.1. The summed E-state index contributed by atoms with van der Waals surface area (Å²) in [4.78, 5) is 14.3. The van der Waals surface area contributed by atoms with E-state index in [0.717, 1.165) is 31.7 Å². The number of fused-ring (bicyclic) bond motifs is 1. The Bertz CT molecular complexity index is 619. The fourth-order valence-electron chi connectivity index (χ4n) is 4.21. The Balaban J connectivity index is 2.00. The van der Waals surface area contributed by atoms with E-state index >= 15 is 0 Å². The van der Waals surface area contributed by atoms with E-state index in [0.29, 0.717) is 23.6 Å². The van der Waals surface area contributed by atoms with E-state index in [2.05, 4.69) is 0 Å². The molecule has 126 valence electrons. The summed E-state index contributed by atoms with van der Waals surface area (Å²) in [6.07, 6.45) is 1.92. The zero-order valence-corrected chi connectivity index (χ0v) is 13.5. The zero-order valence-electron chi connectivity index (χ0n) is 13.5. The van der Waals surface area contributed by atoms with Gasteiger partial charge in [-0.25, -0.2) is 0 Å². The summed E-state index contributed by atoms with van der Waals surface area (Å²) in [5, 5.41) is 0. The van der Waals surface area contributed by atoms with Gasteiger partial charge in [-0.1, -0.05) is 32.1 Å². The quantitative estimate of drug-likeness (QED) is 0.756. The van der Waals surface area contributed by atoms with Gasteiger partial charge in [-0.3, -0.25) is 4.79 Å². The molecule has 0 spiro atoms. The zero-order chi connectivity index (χ0) is 16.8. The van der Waals surface area contributed by atoms with Crippen molar-refractivity contribution in [3.05, 3.63) is 29.3 Å². The molecule has 0 N–H and O–H groups in total. The largest absolute Gasteiger partial charge is 0.416 e. The van der Waals surface area contributed by atoms with Crippen LogP contribution in [0.15, 0.2) is 18.2 Å². The lowest BCUT2D eigenvalue weighted by atomic mass is 9.72. The standard InChI is InChI=1S/C18H22F3NO/c1-17(11-12-6-4-3-5-7-12)14-10-13(18(19,20)21)8-9-15(14)22(2)16(17)23/h8-10,12H,3-7,11H2,1-2H3. The molecule has 5 heteroatoms. The van der Waals surface area contributed by atoms with Crippen LogP contribution in [-0.4, -0.2) is 13.0 Å². The molecule has 1 fully saturated rings. The van der Waals surface area contributed by atoms with Gasteiger partial charge in [0.25, 0.3) is 0 Å². The normalized spacial score (nSPS) is 25.8. The number of likely N-dealkylation sites (N-methyl/N-ethyl adjacent to an activating group) is 1. The molecule has 0 saturated heterocycles. The number of benzene rings is 1. The van der Waals surface area contributed by atoms with Crippen LogP contribution < -0.4 is 4.90 Å². The van der Waals surface area contributed by atoms with Crippen molar-refractivity contribution in [3.8, 4) is 0 Å². The van der Waals surface area contributed by atoms with Gasteiger partial charge in [0.05, 0.1) is 11.0 Å². The van der Waals surface area contributed by atoms with Crippen LogP contribution in [0.1, 0.15) is 56.6 Å². The Morgan fingerprint density at radius 3 is 2.48 bits per heavy atom. The van der Waals surface area contributed by atoms with E-state index in [1.54, 1.807) is 7.05 Å². The molecule has 0 bridgehead atoms. The van der Waals surface area contributed by atoms with Gasteiger partial charge in [0.1, 0.15) is 0 Å². The first-order valence-electron chi connectivity index (χ1n) is 8.23. The van der Waals surface area contributed by atoms with Gasteiger partial charge in [0.15, 0.2) is 0 Å². The summed E-state index contributed by atoms with van der Waals surface area (Å²) < 4.78 is 39.2. The predicted molar refractivity (Wildman–Crippen MR) is 83.4 cm³/mol. The van der Waals surface area contributed by atoms with Gasteiger partial charge >= 0.3 is 6.18 Å². The number of hydrogen-bond acceptors (Lipinski definition) is 1. The van der Waals surface area contributed by atoms with Crippen LogP contribution in [0.4, 0.5) is 18.9 Å². The number of carbonyl (C=O) groups excluding carboxylic acids is 1. The monoisotopic (exact) mass is 325 g/mol. The van der Waals surface area contributed by atoms with Crippen LogP contribution >= 0.6 is 0 Å². The van der Waals surface area contributed by atoms with E-state index in [1.807, 2.05) is 6.92 Å². The molecule has 1 unspecified atom stereocenters. The molecule has 2 nitrogen and oxygen atoms in total. The second-order valence-corrected chi connectivity index (χ2v) is 7.13. The highest BCUT2D eigenvalue weighted by Gasteiger charge is 2.48. The summed E-state index contributed by atoms with van der Waals surface area (Å²) in [6.45, 7) is 1.81. The maximum Gasteiger partial charge on any atom is 0.416 e. The molecule has 1 aromatic carbocycles. The minimum Gasteiger partial charge on any atom is -0.314 e. The predicted octanol–water partition coefficient (Wildman–Crippen LogP) is 4.91. The average Bonchev–Trinajstić information content (AvgIpc) is 2.69. The third-order valence-electron chi connectivity index (χ3n) is 5.48. The Morgan fingerprint density at radius 1 is 1.22 bits per heavy atom. The number of alkyl halides is 3. The van der Waals surface area contributed by atoms with Crippen LogP contribution in [0.2, 0.25) is 0 Å². The second kappa shape index (κ2) is 5.53. The lowest BCUT2D eigenvalue weighted by Gasteiger charge is -2.31. The van der Waals surface area contributed by atoms with Gasteiger partial charge in [-0.05, 0) is 43.0 Å². The van der Waals surface area contributed by atoms with Gasteiger partial charge < -0.3 is 4.90 Å². The lowest BCUT2D eigenvalue weighted by molar-refractivity contribution is -0.137. The molecular weight excluding hydrogens is 303 g/mol. The van der Waals surface area contributed by atoms with Crippen LogP contribution in [-0.2, 0) is 16.4 Å². The average molecular weight is 325 g/mol. The van der Waals surface area contributed by atoms with Crippen molar-refractivity contribution < 1.29 is 18.0 Å². The number of anilines is 1. The highest BCUT2D eigenvalue weighted by atomic mass is 19.4. The summed E-state index contributed by atoms with van der Waals surface area (Å²) in [5.74, 6) is 0.337. The second-order valence-electron chi connectivity index (χ2n) is 7.13. The van der Waals surface area contributed by atoms with Crippen molar-refractivity contribution in [1.29, 1.82) is 0 Å². The minimum absolute atomic E-state index is 0.0857. The van der Waals surface area contributed by atoms with E-state index < -0.39 is 17.2 Å². The third-order valence-corrected chi connectivity index (χ3v) is 5.48. The highest BCUT2D eigenvalue weighted by molar-refractivity contribution is 6.07. The summed E-state index contributed by atoms with van der Waals surface area (Å²) >= 11 is 0. The number of hydrogen-bond donors (Lipinski definition) is 0. The van der Waals surface area contributed by atoms with Gasteiger partial charge in [0, 0.05) is 12.7 Å². The third kappa shape index (κ3) is 2.74. The van der Waals surface area contributed by atoms with Crippen molar-refractivity contribution in [2.24, 2.45) is 5.92 Å². The number of halogens is 3. The summed E-state index contributed by atoms with van der Waals surface area (Å²) in [5.41, 5.74) is -0.367. The molecule has 1 saturated carbocycles. The molecule has 2 aliphatic rings. The van der Waals surface area contributed by atoms with E-state index in [4.69, 9.17) is 0 Å². The van der Waals surface area contributed by atoms with Crippen LogP contribution in [0.3, 0.4) is 0 Å². The van der Waals surface area contributed by atoms with Crippen molar-refractivity contribution in [2.75, 3.05) is 11.9 Å². The number of amides is 1. The smallest absolute Gasteiger partial charge is 0.314 e. The van der Waals surface area contributed by atoms with Gasteiger partial charge in [-0.2, -0.15) is 13.2 Å². The number of nitrogens with zero attached hydrogens (tertiary/aromatic N) is 1. The van der Waals surface area contributed by atoms with Crippen molar-refractivity contribution >= 4 is 11.6 Å². The van der Waals surface area contributed by atoms with Crippen molar-refractivity contribution in [3.63, 3.8) is 0 Å². The van der Waals surface area contributed by atoms with Gasteiger partial charge in [-0.15, -0.1) is 0 Å². The first kappa shape index (κ1) is 16.3. The van der Waals surface area contributed by atoms with E-state index in [9.17, 15) is 18.0 Å². The first-order valence-corrected chi connectivity index (χ1v) is 8.23. The number of carbonyl (C=O) groups is 1. The molecule has 1 aromatic rings. The summed E-state index contributed by atoms with van der Waals surface area (Å²) in [6, 6.07) is 3.68. The molecule has 1 heterocycles. The fourth-order valence-corrected chi connectivity index (χ4v) is 4.21. The van der Waals surface area contributed by atoms with Crippen LogP contribution in [0.5, 0.6) is 0 Å². The molecule has 3 rings (SSSR count). The SMILES string of the molecule is CN1C(=O)C(C)(CC2CCCCC2)c2cc(C(F)(F)F)ccc21. The Hall–Kier alpha value is -1.52. The fraction of sp³-hybridized carbons (Fsp3) is 0.611. The molecule has 1 aliphatic carbocycles. The molecule has 1 amide bonds. The molecule has 1 atom stereocenters. The maximum absolute atomic E-state index is 13.1. The molecule has 1 aliphatic heterocycles. The molecule has 0 aromatic heterocycles. The lowest BCUT2D eigenvalue weighted by Crippen LogP contribution is -2.38. The Labute approximate surface area is 134 Å². The molecule has 23 heavy (non-hydrogen) atoms. The molecule has 0 radical (unpaired) electrons. The number of rotatable bonds is 2. The Morgan fingerprint density at radius 2 is 1.87 bits per heavy atom. The van der Waals surface area contributed by atoms with Crippen LogP contribution in [0.25, 0.3) is 0 Å². The minimum atomic E-state index is -4.38. The van der Waals surface area contributed by atoms with E-state index in [-0.39, 0.29) is 5.91 Å². The van der Waals surface area contributed by atoms with Crippen LogP contribution in [0, 0.1) is 5.92 Å². The van der Waals surface area contributed by atoms with Crippen molar-refractivity contribution in [2.45, 2.75) is 57.0 Å². The highest BCUT2D eigenvalue weighted by Crippen LogP contribution is 2.48. The first-order chi connectivity index (χ1) is 10.7. The molecular formula is C18H22F3NO. The Kier molecular flexibility index (Phi) is 3.93. The van der Waals surface area contributed by atoms with Gasteiger partial charge in [0.2, 0.25) is 5.91 Å². The van der Waals surface area contributed by atoms with Crippen molar-refractivity contribution in [1.82, 2.24) is 0 Å². The summed E-state index contributed by atoms with van der Waals surface area (Å²) in [7, 11) is 1.65. The van der Waals surface area contributed by atoms with E-state index in [1.165, 1.54) is 23.5 Å². The topological polar surface area (TPSA) is 20.3 Å².